The summed E-state index contributed by atoms with van der Waals surface area (Å²) in [6.45, 7) is 0. The van der Waals surface area contributed by atoms with Crippen LogP contribution in [0.4, 0.5) is 0 Å². The molecule has 1 saturated carbocycles. The van der Waals surface area contributed by atoms with E-state index < -0.39 is 0 Å². The molecule has 2 fully saturated rings. The number of carbonyl (C=O) groups is 2. The topological polar surface area (TPSA) is 68.1 Å². The maximum absolute atomic E-state index is 12.1. The van der Waals surface area contributed by atoms with Crippen LogP contribution in [0.15, 0.2) is 6.08 Å². The van der Waals surface area contributed by atoms with Crippen LogP contribution in [0.3, 0.4) is 0 Å². The van der Waals surface area contributed by atoms with Crippen LogP contribution in [0, 0.1) is 17.8 Å². The Morgan fingerprint density at radius 3 is 2.56 bits per heavy atom. The first-order valence-corrected chi connectivity index (χ1v) is 6.00. The minimum atomic E-state index is -0.229. The van der Waals surface area contributed by atoms with Gasteiger partial charge in [-0.05, 0) is 12.0 Å². The number of hydrogen-bond acceptors (Lipinski definition) is 4. The van der Waals surface area contributed by atoms with Gasteiger partial charge in [0.15, 0.2) is 0 Å². The van der Waals surface area contributed by atoms with E-state index in [0.717, 1.165) is 11.4 Å². The molecule has 0 unspecified atom stereocenters. The van der Waals surface area contributed by atoms with Crippen molar-refractivity contribution in [2.75, 3.05) is 7.05 Å². The van der Waals surface area contributed by atoms with Crippen LogP contribution >= 0.6 is 0 Å². The fourth-order valence-corrected chi connectivity index (χ4v) is 3.55. The van der Waals surface area contributed by atoms with E-state index in [2.05, 4.69) is 10.2 Å². The normalized spacial score (nSPS) is 36.2. The third kappa shape index (κ3) is 0.913. The molecular weight excluding hydrogens is 232 g/mol. The third-order valence-corrected chi connectivity index (χ3v) is 4.39. The summed E-state index contributed by atoms with van der Waals surface area (Å²) in [6, 6.07) is 0. The predicted molar refractivity (Wildman–Crippen MR) is 61.0 cm³/mol. The van der Waals surface area contributed by atoms with Crippen LogP contribution in [0.1, 0.15) is 17.3 Å². The van der Waals surface area contributed by atoms with E-state index in [-0.39, 0.29) is 35.5 Å². The average molecular weight is 244 g/mol. The molecule has 0 bridgehead atoms. The van der Waals surface area contributed by atoms with Crippen molar-refractivity contribution in [1.82, 2.24) is 19.9 Å². The molecule has 0 radical (unpaired) electrons. The number of imide groups is 1. The first kappa shape index (κ1) is 9.99. The monoisotopic (exact) mass is 244 g/mol. The van der Waals surface area contributed by atoms with E-state index in [1.54, 1.807) is 14.1 Å². The van der Waals surface area contributed by atoms with Gasteiger partial charge in [0, 0.05) is 20.0 Å². The van der Waals surface area contributed by atoms with Crippen molar-refractivity contribution in [3.8, 4) is 0 Å². The SMILES string of the molecule is CN1C(=O)[C@H]2[C@@H]3C=Cc4nn(C)nc4[C@@H]3[C@H]2C1=O. The predicted octanol–water partition coefficient (Wildman–Crippen LogP) is -0.214. The van der Waals surface area contributed by atoms with Gasteiger partial charge < -0.3 is 0 Å². The van der Waals surface area contributed by atoms with Gasteiger partial charge in [0.1, 0.15) is 5.69 Å². The second-order valence-electron chi connectivity index (χ2n) is 5.21. The average Bonchev–Trinajstić information content (AvgIpc) is 2.74. The summed E-state index contributed by atoms with van der Waals surface area (Å²) in [6.07, 6.45) is 3.92. The molecule has 4 rings (SSSR count). The molecule has 0 aromatic carbocycles. The van der Waals surface area contributed by atoms with Crippen LogP contribution in [-0.2, 0) is 16.6 Å². The fraction of sp³-hybridized carbons (Fsp3) is 0.500. The first-order valence-electron chi connectivity index (χ1n) is 6.00. The Bertz CT molecular complexity index is 618. The fourth-order valence-electron chi connectivity index (χ4n) is 3.55. The van der Waals surface area contributed by atoms with E-state index >= 15 is 0 Å². The quantitative estimate of drug-likeness (QED) is 0.592. The Morgan fingerprint density at radius 1 is 1.06 bits per heavy atom. The molecule has 3 aliphatic rings. The smallest absolute Gasteiger partial charge is 0.233 e. The summed E-state index contributed by atoms with van der Waals surface area (Å²) < 4.78 is 0. The zero-order valence-corrected chi connectivity index (χ0v) is 10.1. The van der Waals surface area contributed by atoms with Crippen molar-refractivity contribution in [3.05, 3.63) is 17.5 Å². The highest BCUT2D eigenvalue weighted by Gasteiger charge is 2.64. The van der Waals surface area contributed by atoms with E-state index in [4.69, 9.17) is 0 Å². The van der Waals surface area contributed by atoms with E-state index in [9.17, 15) is 9.59 Å². The van der Waals surface area contributed by atoms with Crippen molar-refractivity contribution < 1.29 is 9.59 Å². The Kier molecular flexibility index (Phi) is 1.60. The summed E-state index contributed by atoms with van der Waals surface area (Å²) in [5.74, 6) is -0.390. The lowest BCUT2D eigenvalue weighted by Gasteiger charge is -2.44. The van der Waals surface area contributed by atoms with Crippen molar-refractivity contribution in [3.63, 3.8) is 0 Å². The molecule has 92 valence electrons. The number of nitrogens with zero attached hydrogens (tertiary/aromatic N) is 4. The number of rotatable bonds is 0. The van der Waals surface area contributed by atoms with Gasteiger partial charge in [-0.2, -0.15) is 15.0 Å². The summed E-state index contributed by atoms with van der Waals surface area (Å²) in [5, 5.41) is 8.61. The molecule has 18 heavy (non-hydrogen) atoms. The van der Waals surface area contributed by atoms with Gasteiger partial charge in [-0.1, -0.05) is 6.08 Å². The van der Waals surface area contributed by atoms with Crippen molar-refractivity contribution in [2.24, 2.45) is 24.8 Å². The van der Waals surface area contributed by atoms with E-state index in [0.29, 0.717) is 0 Å². The maximum Gasteiger partial charge on any atom is 0.233 e. The number of carbonyl (C=O) groups excluding carboxylic acids is 2. The minimum Gasteiger partial charge on any atom is -0.285 e. The number of aryl methyl sites for hydroxylation is 1. The highest BCUT2D eigenvalue weighted by Crippen LogP contribution is 2.58. The molecule has 1 aromatic rings. The van der Waals surface area contributed by atoms with Gasteiger partial charge >= 0.3 is 0 Å². The summed E-state index contributed by atoms with van der Waals surface area (Å²) in [4.78, 5) is 26.8. The van der Waals surface area contributed by atoms with Crippen LogP contribution in [-0.4, -0.2) is 38.8 Å². The molecule has 6 heteroatoms. The van der Waals surface area contributed by atoms with Gasteiger partial charge in [-0.25, -0.2) is 0 Å². The van der Waals surface area contributed by atoms with Gasteiger partial charge in [0.2, 0.25) is 11.8 Å². The Labute approximate surface area is 103 Å². The summed E-state index contributed by atoms with van der Waals surface area (Å²) >= 11 is 0. The van der Waals surface area contributed by atoms with E-state index in [1.165, 1.54) is 9.70 Å². The van der Waals surface area contributed by atoms with Crippen LogP contribution in [0.2, 0.25) is 0 Å². The van der Waals surface area contributed by atoms with Crippen LogP contribution < -0.4 is 0 Å². The van der Waals surface area contributed by atoms with Crippen molar-refractivity contribution in [2.45, 2.75) is 5.92 Å². The molecule has 1 saturated heterocycles. The molecule has 4 atom stereocenters. The van der Waals surface area contributed by atoms with Crippen molar-refractivity contribution >= 4 is 17.9 Å². The van der Waals surface area contributed by atoms with Crippen molar-refractivity contribution in [1.29, 1.82) is 0 Å². The number of allylic oxidation sites excluding steroid dienone is 1. The minimum absolute atomic E-state index is 0.0325. The zero-order chi connectivity index (χ0) is 12.6. The molecule has 2 aliphatic carbocycles. The molecule has 2 amide bonds. The number of amides is 2. The largest absolute Gasteiger partial charge is 0.285 e. The Balaban J connectivity index is 1.83. The molecule has 1 aliphatic heterocycles. The molecule has 6 nitrogen and oxygen atoms in total. The van der Waals surface area contributed by atoms with Gasteiger partial charge in [-0.15, -0.1) is 0 Å². The number of hydrogen-bond donors (Lipinski definition) is 0. The van der Waals surface area contributed by atoms with Gasteiger partial charge in [-0.3, -0.25) is 14.5 Å². The van der Waals surface area contributed by atoms with Gasteiger partial charge in [0.05, 0.1) is 17.5 Å². The lowest BCUT2D eigenvalue weighted by molar-refractivity contribution is -0.137. The zero-order valence-electron chi connectivity index (χ0n) is 10.1. The second-order valence-corrected chi connectivity index (χ2v) is 5.21. The molecule has 0 spiro atoms. The summed E-state index contributed by atoms with van der Waals surface area (Å²) in [5.41, 5.74) is 1.69. The molecular formula is C12H12N4O2. The third-order valence-electron chi connectivity index (χ3n) is 4.39. The van der Waals surface area contributed by atoms with Gasteiger partial charge in [0.25, 0.3) is 0 Å². The first-order chi connectivity index (χ1) is 8.59. The standard InChI is InChI=1S/C12H12N4O2/c1-15-11(17)8-5-3-4-6-10(14-16(2)13-6)7(5)9(8)12(15)18/h3-5,7-9H,1-2H3/t5-,7+,8+,9-/m1/s1. The molecule has 0 N–H and O–H groups in total. The maximum atomic E-state index is 12.1. The second kappa shape index (κ2) is 2.88. The highest BCUT2D eigenvalue weighted by atomic mass is 16.2. The number of fused-ring (bicyclic) bond motifs is 6. The van der Waals surface area contributed by atoms with Crippen LogP contribution in [0.25, 0.3) is 6.08 Å². The number of aromatic nitrogens is 3. The Morgan fingerprint density at radius 2 is 1.78 bits per heavy atom. The summed E-state index contributed by atoms with van der Waals surface area (Å²) in [7, 11) is 3.33. The highest BCUT2D eigenvalue weighted by molar-refractivity contribution is 6.07. The van der Waals surface area contributed by atoms with E-state index in [1.807, 2.05) is 12.2 Å². The number of likely N-dealkylation sites (tertiary alicyclic amines) is 1. The Hall–Kier alpha value is -1.98. The van der Waals surface area contributed by atoms with Crippen LogP contribution in [0.5, 0.6) is 0 Å². The lowest BCUT2D eigenvalue weighted by atomic mass is 9.55. The molecule has 2 heterocycles. The lowest BCUT2D eigenvalue weighted by Crippen LogP contribution is -2.47. The molecule has 1 aromatic heterocycles.